The molecule has 9 heteroatoms. The number of rotatable bonds is 6. The summed E-state index contributed by atoms with van der Waals surface area (Å²) in [5, 5.41) is 12.3. The molecule has 2 heterocycles. The number of aromatic nitrogens is 4. The number of benzene rings is 2. The predicted molar refractivity (Wildman–Crippen MR) is 101 cm³/mol. The Morgan fingerprint density at radius 3 is 2.11 bits per heavy atom. The van der Waals surface area contributed by atoms with E-state index in [4.69, 9.17) is 4.42 Å². The maximum Gasteiger partial charge on any atom is 0.387 e. The fourth-order valence-corrected chi connectivity index (χ4v) is 2.93. The second-order valence-electron chi connectivity index (χ2n) is 5.87. The lowest BCUT2D eigenvalue weighted by Gasteiger charge is -2.04. The van der Waals surface area contributed by atoms with Crippen molar-refractivity contribution in [3.05, 3.63) is 71.0 Å². The summed E-state index contributed by atoms with van der Waals surface area (Å²) in [4.78, 5) is 0. The molecule has 142 valence electrons. The van der Waals surface area contributed by atoms with Crippen molar-refractivity contribution in [3.63, 3.8) is 0 Å². The van der Waals surface area contributed by atoms with Crippen molar-refractivity contribution in [2.24, 2.45) is 0 Å². The SMILES string of the molecule is FC(F)Oc1ccc(-c2nnc(-c3ccc(Cn4cc(Br)cn4)cc3)o2)cc1. The van der Waals surface area contributed by atoms with Crippen molar-refractivity contribution in [2.45, 2.75) is 13.2 Å². The van der Waals surface area contributed by atoms with Gasteiger partial charge in [0.05, 0.1) is 17.2 Å². The maximum atomic E-state index is 12.2. The lowest BCUT2D eigenvalue weighted by atomic mass is 10.1. The van der Waals surface area contributed by atoms with Gasteiger partial charge in [0.1, 0.15) is 5.75 Å². The topological polar surface area (TPSA) is 66.0 Å². The highest BCUT2D eigenvalue weighted by molar-refractivity contribution is 9.10. The minimum atomic E-state index is -2.86. The first kappa shape index (κ1) is 18.3. The zero-order valence-electron chi connectivity index (χ0n) is 14.3. The highest BCUT2D eigenvalue weighted by atomic mass is 79.9. The predicted octanol–water partition coefficient (Wildman–Crippen LogP) is 5.01. The Morgan fingerprint density at radius 1 is 0.964 bits per heavy atom. The first-order valence-electron chi connectivity index (χ1n) is 8.23. The smallest absolute Gasteiger partial charge is 0.387 e. The molecule has 0 aliphatic carbocycles. The van der Waals surface area contributed by atoms with Gasteiger partial charge in [-0.05, 0) is 57.9 Å². The van der Waals surface area contributed by atoms with E-state index < -0.39 is 6.61 Å². The Morgan fingerprint density at radius 2 is 1.57 bits per heavy atom. The number of hydrogen-bond donors (Lipinski definition) is 0. The molecule has 4 aromatic rings. The lowest BCUT2D eigenvalue weighted by Crippen LogP contribution is -2.01. The largest absolute Gasteiger partial charge is 0.435 e. The number of halogens is 3. The van der Waals surface area contributed by atoms with Crippen LogP contribution in [0.2, 0.25) is 0 Å². The molecule has 0 radical (unpaired) electrons. The lowest BCUT2D eigenvalue weighted by molar-refractivity contribution is -0.0498. The average Bonchev–Trinajstić information content (AvgIpc) is 3.32. The van der Waals surface area contributed by atoms with Gasteiger partial charge in [0.2, 0.25) is 11.8 Å². The van der Waals surface area contributed by atoms with Crippen molar-refractivity contribution in [3.8, 4) is 28.7 Å². The molecule has 2 aromatic heterocycles. The van der Waals surface area contributed by atoms with Crippen LogP contribution in [0.25, 0.3) is 22.9 Å². The van der Waals surface area contributed by atoms with E-state index in [1.54, 1.807) is 18.3 Å². The number of hydrogen-bond acceptors (Lipinski definition) is 5. The minimum Gasteiger partial charge on any atom is -0.435 e. The Bertz CT molecular complexity index is 1060. The average molecular weight is 447 g/mol. The third-order valence-corrected chi connectivity index (χ3v) is 4.31. The van der Waals surface area contributed by atoms with Crippen molar-refractivity contribution in [1.82, 2.24) is 20.0 Å². The molecule has 0 N–H and O–H groups in total. The summed E-state index contributed by atoms with van der Waals surface area (Å²) < 4.78 is 37.2. The van der Waals surface area contributed by atoms with E-state index in [0.717, 1.165) is 15.6 Å². The molecule has 6 nitrogen and oxygen atoms in total. The molecule has 0 amide bonds. The van der Waals surface area contributed by atoms with Gasteiger partial charge in [-0.1, -0.05) is 12.1 Å². The van der Waals surface area contributed by atoms with Gasteiger partial charge in [-0.15, -0.1) is 10.2 Å². The van der Waals surface area contributed by atoms with Gasteiger partial charge < -0.3 is 9.15 Å². The van der Waals surface area contributed by atoms with Gasteiger partial charge in [0.15, 0.2) is 0 Å². The van der Waals surface area contributed by atoms with E-state index in [2.05, 4.69) is 36.0 Å². The van der Waals surface area contributed by atoms with E-state index in [9.17, 15) is 8.78 Å². The second-order valence-corrected chi connectivity index (χ2v) is 6.78. The van der Waals surface area contributed by atoms with Crippen molar-refractivity contribution in [1.29, 1.82) is 0 Å². The summed E-state index contributed by atoms with van der Waals surface area (Å²) in [6.45, 7) is -2.22. The monoisotopic (exact) mass is 446 g/mol. The van der Waals surface area contributed by atoms with Crippen LogP contribution in [-0.2, 0) is 6.54 Å². The van der Waals surface area contributed by atoms with Gasteiger partial charge in [0.25, 0.3) is 0 Å². The van der Waals surface area contributed by atoms with Crippen LogP contribution >= 0.6 is 15.9 Å². The Labute approximate surface area is 166 Å². The number of alkyl halides is 2. The van der Waals surface area contributed by atoms with E-state index in [1.165, 1.54) is 12.1 Å². The number of ether oxygens (including phenoxy) is 1. The third-order valence-electron chi connectivity index (χ3n) is 3.90. The van der Waals surface area contributed by atoms with Crippen LogP contribution in [0, 0.1) is 0 Å². The molecule has 0 saturated heterocycles. The van der Waals surface area contributed by atoms with Crippen molar-refractivity contribution >= 4 is 15.9 Å². The first-order chi connectivity index (χ1) is 13.6. The van der Waals surface area contributed by atoms with Crippen LogP contribution in [0.15, 0.2) is 69.8 Å². The zero-order chi connectivity index (χ0) is 19.5. The molecule has 0 bridgehead atoms. The molecule has 0 unspecified atom stereocenters. The van der Waals surface area contributed by atoms with Gasteiger partial charge in [-0.2, -0.15) is 13.9 Å². The second kappa shape index (κ2) is 7.89. The molecular weight excluding hydrogens is 434 g/mol. The molecule has 0 aliphatic rings. The van der Waals surface area contributed by atoms with E-state index in [1.807, 2.05) is 35.1 Å². The third kappa shape index (κ3) is 4.25. The fraction of sp³-hybridized carbons (Fsp3) is 0.105. The van der Waals surface area contributed by atoms with Gasteiger partial charge in [-0.25, -0.2) is 0 Å². The maximum absolute atomic E-state index is 12.2. The van der Waals surface area contributed by atoms with Gasteiger partial charge >= 0.3 is 6.61 Å². The van der Waals surface area contributed by atoms with Crippen LogP contribution in [0.3, 0.4) is 0 Å². The highest BCUT2D eigenvalue weighted by Crippen LogP contribution is 2.26. The van der Waals surface area contributed by atoms with Crippen LogP contribution in [0.4, 0.5) is 8.78 Å². The summed E-state index contributed by atoms with van der Waals surface area (Å²) >= 11 is 3.37. The van der Waals surface area contributed by atoms with E-state index in [0.29, 0.717) is 23.9 Å². The number of nitrogens with zero attached hydrogens (tertiary/aromatic N) is 4. The Kier molecular flexibility index (Phi) is 5.16. The minimum absolute atomic E-state index is 0.0679. The fourth-order valence-electron chi connectivity index (χ4n) is 2.60. The molecule has 0 fully saturated rings. The molecule has 28 heavy (non-hydrogen) atoms. The molecule has 0 saturated carbocycles. The van der Waals surface area contributed by atoms with E-state index in [-0.39, 0.29) is 5.75 Å². The molecule has 0 atom stereocenters. The summed E-state index contributed by atoms with van der Waals surface area (Å²) in [5.74, 6) is 0.735. The van der Waals surface area contributed by atoms with E-state index >= 15 is 0 Å². The summed E-state index contributed by atoms with van der Waals surface area (Å²) in [6, 6.07) is 13.7. The van der Waals surface area contributed by atoms with Crippen molar-refractivity contribution < 1.29 is 17.9 Å². The molecule has 4 rings (SSSR count). The highest BCUT2D eigenvalue weighted by Gasteiger charge is 2.12. The quantitative estimate of drug-likeness (QED) is 0.416. The summed E-state index contributed by atoms with van der Waals surface area (Å²) in [7, 11) is 0. The van der Waals surface area contributed by atoms with Crippen LogP contribution < -0.4 is 4.74 Å². The molecule has 2 aromatic carbocycles. The molecule has 0 aliphatic heterocycles. The van der Waals surface area contributed by atoms with Crippen LogP contribution in [0.1, 0.15) is 5.56 Å². The Balaban J connectivity index is 1.47. The van der Waals surface area contributed by atoms with Gasteiger partial charge in [0, 0.05) is 17.3 Å². The normalized spacial score (nSPS) is 11.1. The summed E-state index contributed by atoms with van der Waals surface area (Å²) in [6.07, 6.45) is 3.64. The van der Waals surface area contributed by atoms with Crippen LogP contribution in [0.5, 0.6) is 5.75 Å². The van der Waals surface area contributed by atoms with Crippen LogP contribution in [-0.4, -0.2) is 26.6 Å². The zero-order valence-corrected chi connectivity index (χ0v) is 15.9. The molecule has 0 spiro atoms. The first-order valence-corrected chi connectivity index (χ1v) is 9.02. The molecular formula is C19H13BrF2N4O2. The summed E-state index contributed by atoms with van der Waals surface area (Å²) in [5.41, 5.74) is 2.47. The van der Waals surface area contributed by atoms with Gasteiger partial charge in [-0.3, -0.25) is 4.68 Å². The standard InChI is InChI=1S/C19H13BrF2N4O2/c20-15-9-23-26(11-15)10-12-1-3-13(4-2-12)17-24-25-18(28-17)14-5-7-16(8-6-14)27-19(21)22/h1-9,11,19H,10H2. The Hall–Kier alpha value is -3.07. The van der Waals surface area contributed by atoms with Crippen molar-refractivity contribution in [2.75, 3.05) is 0 Å².